The van der Waals surface area contributed by atoms with Crippen LogP contribution in [0.15, 0.2) is 76.0 Å². The van der Waals surface area contributed by atoms with E-state index in [2.05, 4.69) is 41.1 Å². The summed E-state index contributed by atoms with van der Waals surface area (Å²) >= 11 is 1.28. The minimum Gasteiger partial charge on any atom is -0.416 e. The zero-order valence-corrected chi connectivity index (χ0v) is 17.6. The summed E-state index contributed by atoms with van der Waals surface area (Å²) in [6, 6.07) is 18.2. The van der Waals surface area contributed by atoms with Crippen LogP contribution in [0.5, 0.6) is 0 Å². The molecule has 0 fully saturated rings. The van der Waals surface area contributed by atoms with Crippen LogP contribution in [0.3, 0.4) is 0 Å². The van der Waals surface area contributed by atoms with Crippen LogP contribution in [0.4, 0.5) is 5.69 Å². The van der Waals surface area contributed by atoms with Crippen molar-refractivity contribution in [3.63, 3.8) is 0 Å². The highest BCUT2D eigenvalue weighted by molar-refractivity contribution is 7.99. The summed E-state index contributed by atoms with van der Waals surface area (Å²) in [6.07, 6.45) is 2.33. The van der Waals surface area contributed by atoms with Crippen molar-refractivity contribution in [1.29, 1.82) is 0 Å². The molecule has 0 N–H and O–H groups in total. The molecule has 5 nitrogen and oxygen atoms in total. The van der Waals surface area contributed by atoms with Crippen molar-refractivity contribution in [1.82, 2.24) is 10.2 Å². The zero-order valence-electron chi connectivity index (χ0n) is 16.8. The van der Waals surface area contributed by atoms with E-state index in [9.17, 15) is 4.79 Å². The van der Waals surface area contributed by atoms with Gasteiger partial charge in [0.2, 0.25) is 5.89 Å². The maximum absolute atomic E-state index is 12.6. The maximum Gasteiger partial charge on any atom is 0.277 e. The summed E-state index contributed by atoms with van der Waals surface area (Å²) in [5.41, 5.74) is 4.28. The van der Waals surface area contributed by atoms with Gasteiger partial charge in [-0.15, -0.1) is 10.2 Å². The van der Waals surface area contributed by atoms with Crippen LogP contribution in [0.2, 0.25) is 0 Å². The quantitative estimate of drug-likeness (QED) is 0.440. The minimum absolute atomic E-state index is 0.0283. The standard InChI is InChI=1S/C23H23N3O2S/c1-23(2)18-11-7-8-12-19(18)26(3)20(23)14-17(27)15-29-22-25-24-21(28-22)13-16-9-5-4-6-10-16/h4-12,14H,13,15H2,1-3H3/b20-14+. The third-order valence-corrected chi connectivity index (χ3v) is 6.06. The molecule has 0 atom stereocenters. The van der Waals surface area contributed by atoms with E-state index >= 15 is 0 Å². The third-order valence-electron chi connectivity index (χ3n) is 5.22. The Morgan fingerprint density at radius 3 is 2.59 bits per heavy atom. The fraction of sp³-hybridized carbons (Fsp3) is 0.261. The molecule has 1 aliphatic rings. The normalized spacial score (nSPS) is 16.2. The average molecular weight is 406 g/mol. The summed E-state index contributed by atoms with van der Waals surface area (Å²) in [6.45, 7) is 4.30. The van der Waals surface area contributed by atoms with Crippen molar-refractivity contribution < 1.29 is 9.21 Å². The van der Waals surface area contributed by atoms with Gasteiger partial charge in [-0.25, -0.2) is 0 Å². The number of fused-ring (bicyclic) bond motifs is 1. The Balaban J connectivity index is 1.41. The highest BCUT2D eigenvalue weighted by Crippen LogP contribution is 2.46. The second-order valence-corrected chi connectivity index (χ2v) is 8.54. The number of thioether (sulfide) groups is 1. The predicted octanol–water partition coefficient (Wildman–Crippen LogP) is 4.63. The van der Waals surface area contributed by atoms with Gasteiger partial charge < -0.3 is 9.32 Å². The van der Waals surface area contributed by atoms with E-state index in [1.807, 2.05) is 49.5 Å². The molecular formula is C23H23N3O2S. The highest BCUT2D eigenvalue weighted by Gasteiger charge is 2.38. The van der Waals surface area contributed by atoms with Gasteiger partial charge in [0.15, 0.2) is 5.78 Å². The van der Waals surface area contributed by atoms with Gasteiger partial charge in [0.05, 0.1) is 12.2 Å². The second kappa shape index (κ2) is 7.87. The van der Waals surface area contributed by atoms with Crippen molar-refractivity contribution in [2.75, 3.05) is 17.7 Å². The van der Waals surface area contributed by atoms with Crippen molar-refractivity contribution in [3.05, 3.63) is 83.4 Å². The van der Waals surface area contributed by atoms with Gasteiger partial charge in [-0.2, -0.15) is 0 Å². The molecule has 4 rings (SSSR count). The Morgan fingerprint density at radius 2 is 1.83 bits per heavy atom. The molecule has 1 aromatic heterocycles. The first-order valence-electron chi connectivity index (χ1n) is 9.52. The lowest BCUT2D eigenvalue weighted by Crippen LogP contribution is -2.24. The van der Waals surface area contributed by atoms with Crippen LogP contribution in [0, 0.1) is 0 Å². The number of carbonyl (C=O) groups excluding carboxylic acids is 1. The summed E-state index contributed by atoms with van der Waals surface area (Å²) < 4.78 is 5.68. The van der Waals surface area contributed by atoms with E-state index in [4.69, 9.17) is 4.42 Å². The highest BCUT2D eigenvalue weighted by atomic mass is 32.2. The van der Waals surface area contributed by atoms with Crippen molar-refractivity contribution >= 4 is 23.2 Å². The lowest BCUT2D eigenvalue weighted by molar-refractivity contribution is -0.112. The molecule has 0 saturated heterocycles. The van der Waals surface area contributed by atoms with E-state index in [1.165, 1.54) is 17.3 Å². The molecule has 2 heterocycles. The van der Waals surface area contributed by atoms with E-state index in [-0.39, 0.29) is 17.0 Å². The smallest absolute Gasteiger partial charge is 0.277 e. The number of nitrogens with zero attached hydrogens (tertiary/aromatic N) is 3. The number of ketones is 1. The first-order valence-corrected chi connectivity index (χ1v) is 10.5. The number of anilines is 1. The van der Waals surface area contributed by atoms with E-state index in [0.717, 1.165) is 16.9 Å². The number of carbonyl (C=O) groups is 1. The molecular weight excluding hydrogens is 382 g/mol. The molecule has 0 saturated carbocycles. The number of allylic oxidation sites excluding steroid dienone is 2. The van der Waals surface area contributed by atoms with Gasteiger partial charge in [0.1, 0.15) is 0 Å². The Kier molecular flexibility index (Phi) is 5.28. The van der Waals surface area contributed by atoms with E-state index in [0.29, 0.717) is 17.5 Å². The molecule has 0 radical (unpaired) electrons. The predicted molar refractivity (Wildman–Crippen MR) is 115 cm³/mol. The van der Waals surface area contributed by atoms with Crippen molar-refractivity contribution in [2.45, 2.75) is 30.9 Å². The van der Waals surface area contributed by atoms with Crippen LogP contribution in [0.1, 0.15) is 30.9 Å². The molecule has 3 aromatic rings. The second-order valence-electron chi connectivity index (χ2n) is 7.61. The van der Waals surface area contributed by atoms with E-state index < -0.39 is 0 Å². The van der Waals surface area contributed by atoms with E-state index in [1.54, 1.807) is 6.08 Å². The van der Waals surface area contributed by atoms with Gasteiger partial charge in [-0.3, -0.25) is 4.79 Å². The largest absolute Gasteiger partial charge is 0.416 e. The van der Waals surface area contributed by atoms with Crippen LogP contribution in [0.25, 0.3) is 0 Å². The van der Waals surface area contributed by atoms with Crippen LogP contribution in [-0.2, 0) is 16.6 Å². The van der Waals surface area contributed by atoms with Gasteiger partial charge in [0, 0.05) is 29.9 Å². The van der Waals surface area contributed by atoms with Crippen molar-refractivity contribution in [3.8, 4) is 0 Å². The number of para-hydroxylation sites is 1. The first kappa shape index (κ1) is 19.5. The van der Waals surface area contributed by atoms with Gasteiger partial charge >= 0.3 is 0 Å². The lowest BCUT2D eigenvalue weighted by Gasteiger charge is -2.23. The summed E-state index contributed by atoms with van der Waals surface area (Å²) in [4.78, 5) is 14.7. The summed E-state index contributed by atoms with van der Waals surface area (Å²) in [7, 11) is 2.01. The molecule has 148 valence electrons. The van der Waals surface area contributed by atoms with Gasteiger partial charge in [0.25, 0.3) is 5.22 Å². The lowest BCUT2D eigenvalue weighted by atomic mass is 9.83. The Hall–Kier alpha value is -2.86. The first-order chi connectivity index (χ1) is 13.9. The SMILES string of the molecule is CN1/C(=C/C(=O)CSc2nnc(Cc3ccccc3)o2)C(C)(C)c2ccccc21. The molecule has 0 unspecified atom stereocenters. The maximum atomic E-state index is 12.6. The molecule has 1 aliphatic heterocycles. The molecule has 29 heavy (non-hydrogen) atoms. The van der Waals surface area contributed by atoms with Gasteiger partial charge in [-0.1, -0.05) is 74.1 Å². The molecule has 0 spiro atoms. The zero-order chi connectivity index (χ0) is 20.4. The number of aromatic nitrogens is 2. The number of rotatable bonds is 6. The Bertz CT molecular complexity index is 1060. The van der Waals surface area contributed by atoms with Gasteiger partial charge in [-0.05, 0) is 17.2 Å². The van der Waals surface area contributed by atoms with Crippen LogP contribution < -0.4 is 4.90 Å². The average Bonchev–Trinajstić information content (AvgIpc) is 3.24. The number of hydrogen-bond acceptors (Lipinski definition) is 6. The minimum atomic E-state index is -0.209. The summed E-state index contributed by atoms with van der Waals surface area (Å²) in [5.74, 6) is 0.841. The number of benzene rings is 2. The summed E-state index contributed by atoms with van der Waals surface area (Å²) in [5, 5.41) is 8.56. The Labute approximate surface area is 174 Å². The fourth-order valence-electron chi connectivity index (χ4n) is 3.72. The Morgan fingerprint density at radius 1 is 1.10 bits per heavy atom. The topological polar surface area (TPSA) is 59.2 Å². The van der Waals surface area contributed by atoms with Crippen molar-refractivity contribution in [2.24, 2.45) is 0 Å². The molecule has 0 bridgehead atoms. The van der Waals surface area contributed by atoms with Crippen LogP contribution >= 0.6 is 11.8 Å². The third kappa shape index (κ3) is 3.98. The molecule has 0 amide bonds. The number of likely N-dealkylation sites (N-methyl/N-ethyl adjacent to an activating group) is 1. The molecule has 2 aromatic carbocycles. The number of hydrogen-bond donors (Lipinski definition) is 0. The monoisotopic (exact) mass is 405 g/mol. The molecule has 6 heteroatoms. The van der Waals surface area contributed by atoms with Crippen LogP contribution in [-0.4, -0.2) is 28.8 Å². The fourth-order valence-corrected chi connectivity index (χ4v) is 4.33. The molecule has 0 aliphatic carbocycles.